The Labute approximate surface area is 129 Å². The predicted molar refractivity (Wildman–Crippen MR) is 45.4 cm³/mol. The molecular weight excluding hydrogens is 433 g/mol. The summed E-state index contributed by atoms with van der Waals surface area (Å²) in [4.78, 5) is -0.0315. The van der Waals surface area contributed by atoms with E-state index in [9.17, 15) is 74.6 Å². The maximum Gasteiger partial charge on any atom is 0.460 e. The first-order valence-corrected chi connectivity index (χ1v) is 5.16. The number of halogens is 17. The first-order valence-electron chi connectivity index (χ1n) is 5.16. The number of hydrogen-bond donors (Lipinski definition) is 0. The predicted octanol–water partition coefficient (Wildman–Crippen LogP) is 5.61. The van der Waals surface area contributed by atoms with Crippen LogP contribution >= 0.6 is 0 Å². The topological polar surface area (TPSA) is 12.4 Å². The zero-order chi connectivity index (χ0) is 21.8. The molecular formula is C8F17N. The van der Waals surface area contributed by atoms with Crippen molar-refractivity contribution in [2.45, 2.75) is 42.1 Å². The average Bonchev–Trinajstić information content (AvgIpc) is 2.34. The van der Waals surface area contributed by atoms with Crippen molar-refractivity contribution in [3.05, 3.63) is 0 Å². The molecule has 0 amide bonds. The first kappa shape index (κ1) is 24.5. The Hall–Kier alpha value is -1.52. The number of nitrogens with zero attached hydrogens (tertiary/aromatic N) is 1. The van der Waals surface area contributed by atoms with Gasteiger partial charge in [0.15, 0.2) is 0 Å². The van der Waals surface area contributed by atoms with E-state index >= 15 is 0 Å². The summed E-state index contributed by atoms with van der Waals surface area (Å²) >= 11 is 0. The lowest BCUT2D eigenvalue weighted by atomic mass is 10.1. The number of hydrogen-bond acceptors (Lipinski definition) is 1. The third kappa shape index (κ3) is 3.49. The van der Waals surface area contributed by atoms with Gasteiger partial charge < -0.3 is 0 Å². The second kappa shape index (κ2) is 6.00. The largest absolute Gasteiger partial charge is 0.460 e. The molecule has 18 heteroatoms. The van der Waals surface area contributed by atoms with Gasteiger partial charge >= 0.3 is 42.1 Å². The van der Waals surface area contributed by atoms with E-state index in [0.29, 0.717) is 0 Å². The Morgan fingerprint density at radius 2 is 0.769 bits per heavy atom. The van der Waals surface area contributed by atoms with Crippen molar-refractivity contribution in [1.82, 2.24) is 0 Å². The highest BCUT2D eigenvalue weighted by atomic mass is 19.4. The van der Waals surface area contributed by atoms with Crippen molar-refractivity contribution >= 4 is 5.97 Å². The Morgan fingerprint density at radius 3 is 1.04 bits per heavy atom. The minimum atomic E-state index is -7.85. The molecule has 0 fully saturated rings. The molecule has 0 atom stereocenters. The lowest BCUT2D eigenvalue weighted by Crippen LogP contribution is -2.61. The third-order valence-corrected chi connectivity index (χ3v) is 2.38. The van der Waals surface area contributed by atoms with Crippen LogP contribution in [-0.4, -0.2) is 48.1 Å². The molecule has 0 radical (unpaired) electrons. The van der Waals surface area contributed by atoms with Gasteiger partial charge in [0.25, 0.3) is 5.97 Å². The molecule has 156 valence electrons. The summed E-state index contributed by atoms with van der Waals surface area (Å²) < 4.78 is 207. The van der Waals surface area contributed by atoms with Crippen molar-refractivity contribution < 1.29 is 74.6 Å². The van der Waals surface area contributed by atoms with Crippen LogP contribution in [0.3, 0.4) is 0 Å². The van der Waals surface area contributed by atoms with Crippen molar-refractivity contribution in [3.8, 4) is 0 Å². The van der Waals surface area contributed by atoms with Crippen LogP contribution in [0.5, 0.6) is 0 Å². The van der Waals surface area contributed by atoms with Gasteiger partial charge in [-0.15, -0.1) is 0 Å². The summed E-state index contributed by atoms with van der Waals surface area (Å²) in [5.74, 6) is -35.6. The lowest BCUT2D eigenvalue weighted by molar-refractivity contribution is -0.395. The molecule has 0 saturated carbocycles. The van der Waals surface area contributed by atoms with Gasteiger partial charge in [-0.05, 0) is 0 Å². The van der Waals surface area contributed by atoms with E-state index in [-0.39, 0.29) is 4.99 Å². The molecule has 0 aliphatic heterocycles. The normalized spacial score (nSPS) is 16.9. The van der Waals surface area contributed by atoms with E-state index in [1.807, 2.05) is 0 Å². The van der Waals surface area contributed by atoms with Gasteiger partial charge in [-0.1, -0.05) is 0 Å². The molecule has 0 heterocycles. The van der Waals surface area contributed by atoms with Gasteiger partial charge in [0, 0.05) is 0 Å². The van der Waals surface area contributed by atoms with Gasteiger partial charge in [0.1, 0.15) is 0 Å². The van der Waals surface area contributed by atoms with E-state index in [0.717, 1.165) is 0 Å². The molecule has 0 saturated heterocycles. The fourth-order valence-corrected chi connectivity index (χ4v) is 0.938. The highest BCUT2D eigenvalue weighted by molar-refractivity contribution is 5.84. The first-order chi connectivity index (χ1) is 10.9. The van der Waals surface area contributed by atoms with Gasteiger partial charge in [-0.25, -0.2) is 0 Å². The number of alkyl halides is 16. The molecule has 0 rings (SSSR count). The molecule has 0 N–H and O–H groups in total. The van der Waals surface area contributed by atoms with E-state index in [1.165, 1.54) is 0 Å². The molecule has 0 unspecified atom stereocenters. The zero-order valence-electron chi connectivity index (χ0n) is 10.9. The SMILES string of the molecule is FC(=NC(F)(F)C(F)(F)C(F)(F)C(F)(F)F)C(F)(F)C(F)(F)C(F)(F)F. The molecule has 1 nitrogen and oxygen atoms in total. The summed E-state index contributed by atoms with van der Waals surface area (Å²) in [6.07, 6.45) is -14.9. The van der Waals surface area contributed by atoms with Gasteiger partial charge in [-0.3, -0.25) is 0 Å². The summed E-state index contributed by atoms with van der Waals surface area (Å²) in [7, 11) is 0. The van der Waals surface area contributed by atoms with Crippen LogP contribution in [0.15, 0.2) is 4.99 Å². The van der Waals surface area contributed by atoms with E-state index in [4.69, 9.17) is 0 Å². The number of rotatable bonds is 5. The molecule has 0 aliphatic carbocycles. The molecule has 0 aromatic carbocycles. The molecule has 0 aromatic heterocycles. The van der Waals surface area contributed by atoms with Crippen molar-refractivity contribution in [2.24, 2.45) is 4.99 Å². The quantitative estimate of drug-likeness (QED) is 0.304. The van der Waals surface area contributed by atoms with E-state index < -0.39 is 48.1 Å². The Kier molecular flexibility index (Phi) is 5.65. The summed E-state index contributed by atoms with van der Waals surface area (Å²) in [6.45, 7) is 0. The molecule has 0 aromatic rings. The molecule has 0 aliphatic rings. The minimum Gasteiger partial charge on any atom is -0.190 e. The molecule has 26 heavy (non-hydrogen) atoms. The van der Waals surface area contributed by atoms with Crippen LogP contribution in [0, 0.1) is 0 Å². The maximum atomic E-state index is 12.7. The second-order valence-electron chi connectivity index (χ2n) is 4.24. The van der Waals surface area contributed by atoms with Crippen LogP contribution in [-0.2, 0) is 0 Å². The fourth-order valence-electron chi connectivity index (χ4n) is 0.938. The van der Waals surface area contributed by atoms with Crippen molar-refractivity contribution in [3.63, 3.8) is 0 Å². The summed E-state index contributed by atoms with van der Waals surface area (Å²) in [5.41, 5.74) is 0. The monoisotopic (exact) mass is 433 g/mol. The standard InChI is InChI=1S/C8F17N/c9-1(2(10,11)3(12,13)6(18,19)20)26-8(24,25)5(16,17)4(14,15)7(21,22)23. The third-order valence-electron chi connectivity index (χ3n) is 2.38. The zero-order valence-corrected chi connectivity index (χ0v) is 10.9. The van der Waals surface area contributed by atoms with Crippen LogP contribution in [0.2, 0.25) is 0 Å². The Bertz CT molecular complexity index is 548. The number of aliphatic imine (C=N–C) groups is 1. The molecule has 0 spiro atoms. The molecule has 0 bridgehead atoms. The smallest absolute Gasteiger partial charge is 0.190 e. The maximum absolute atomic E-state index is 12.7. The van der Waals surface area contributed by atoms with Crippen molar-refractivity contribution in [1.29, 1.82) is 0 Å². The van der Waals surface area contributed by atoms with Crippen LogP contribution in [0.1, 0.15) is 0 Å². The Balaban J connectivity index is 6.28. The van der Waals surface area contributed by atoms with Gasteiger partial charge in [0.2, 0.25) is 0 Å². The van der Waals surface area contributed by atoms with Crippen LogP contribution in [0.25, 0.3) is 0 Å². The van der Waals surface area contributed by atoms with Crippen LogP contribution in [0.4, 0.5) is 74.6 Å². The van der Waals surface area contributed by atoms with Crippen molar-refractivity contribution in [2.75, 3.05) is 0 Å². The second-order valence-corrected chi connectivity index (χ2v) is 4.24. The van der Waals surface area contributed by atoms with E-state index in [1.54, 1.807) is 0 Å². The summed E-state index contributed by atoms with van der Waals surface area (Å²) in [6, 6.07) is -7.51. The highest BCUT2D eigenvalue weighted by Crippen LogP contribution is 2.54. The van der Waals surface area contributed by atoms with Gasteiger partial charge in [0.05, 0.1) is 0 Å². The highest BCUT2D eigenvalue weighted by Gasteiger charge is 2.83. The minimum absolute atomic E-state index is 0.0315. The Morgan fingerprint density at radius 1 is 0.462 bits per heavy atom. The average molecular weight is 433 g/mol. The fraction of sp³-hybridized carbons (Fsp3) is 0.875. The van der Waals surface area contributed by atoms with Gasteiger partial charge in [-0.2, -0.15) is 79.6 Å². The van der Waals surface area contributed by atoms with E-state index in [2.05, 4.69) is 0 Å². The summed E-state index contributed by atoms with van der Waals surface area (Å²) in [5, 5.41) is 0. The van der Waals surface area contributed by atoms with Crippen LogP contribution < -0.4 is 0 Å². The lowest BCUT2D eigenvalue weighted by Gasteiger charge is -2.32.